The average molecular weight is 147 g/mol. The van der Waals surface area contributed by atoms with Crippen LogP contribution in [0.25, 0.3) is 0 Å². The van der Waals surface area contributed by atoms with E-state index in [1.54, 1.807) is 0 Å². The smallest absolute Gasteiger partial charge is 0.396 e. The molecule has 5 heteroatoms. The minimum atomic E-state index is -0.951. The van der Waals surface area contributed by atoms with Gasteiger partial charge in [0, 0.05) is 6.54 Å². The first kappa shape index (κ1) is 8.90. The van der Waals surface area contributed by atoms with Crippen LogP contribution in [-0.4, -0.2) is 37.2 Å². The molecule has 0 aliphatic heterocycles. The monoisotopic (exact) mass is 147 g/mol. The van der Waals surface area contributed by atoms with E-state index in [0.717, 1.165) is 7.11 Å². The molecule has 0 radical (unpaired) electrons. The number of carbonyl (C=O) groups excluding carboxylic acids is 2. The first-order valence-electron chi connectivity index (χ1n) is 2.69. The molecule has 10 heavy (non-hydrogen) atoms. The highest BCUT2D eigenvalue weighted by Gasteiger charge is 2.11. The number of methoxy groups -OCH3 is 1. The van der Waals surface area contributed by atoms with Crippen molar-refractivity contribution in [1.29, 1.82) is 0 Å². The lowest BCUT2D eigenvalue weighted by molar-refractivity contribution is -0.152. The van der Waals surface area contributed by atoms with E-state index in [4.69, 9.17) is 5.11 Å². The molecule has 0 fully saturated rings. The number of aliphatic hydroxyl groups excluding tert-OH is 1. The summed E-state index contributed by atoms with van der Waals surface area (Å²) in [6, 6.07) is 0. The van der Waals surface area contributed by atoms with E-state index in [0.29, 0.717) is 0 Å². The molecular formula is C5H9NO4. The topological polar surface area (TPSA) is 75.6 Å². The summed E-state index contributed by atoms with van der Waals surface area (Å²) >= 11 is 0. The number of hydrogen-bond acceptors (Lipinski definition) is 4. The van der Waals surface area contributed by atoms with Gasteiger partial charge in [-0.15, -0.1) is 0 Å². The van der Waals surface area contributed by atoms with E-state index in [-0.39, 0.29) is 13.2 Å². The van der Waals surface area contributed by atoms with E-state index >= 15 is 0 Å². The number of esters is 1. The summed E-state index contributed by atoms with van der Waals surface area (Å²) in [4.78, 5) is 20.7. The first-order valence-corrected chi connectivity index (χ1v) is 2.69. The fourth-order valence-electron chi connectivity index (χ4n) is 0.334. The second kappa shape index (κ2) is 4.75. The predicted octanol–water partition coefficient (Wildman–Crippen LogP) is -1.73. The van der Waals surface area contributed by atoms with E-state index in [1.165, 1.54) is 0 Å². The lowest BCUT2D eigenvalue weighted by Crippen LogP contribution is -2.33. The van der Waals surface area contributed by atoms with Crippen LogP contribution in [0.2, 0.25) is 0 Å². The Morgan fingerprint density at radius 1 is 1.60 bits per heavy atom. The van der Waals surface area contributed by atoms with Crippen molar-refractivity contribution in [2.45, 2.75) is 0 Å². The van der Waals surface area contributed by atoms with Crippen LogP contribution in [0.5, 0.6) is 0 Å². The van der Waals surface area contributed by atoms with Gasteiger partial charge in [0.25, 0.3) is 0 Å². The highest BCUT2D eigenvalue weighted by atomic mass is 16.5. The maximum absolute atomic E-state index is 10.4. The lowest BCUT2D eigenvalue weighted by atomic mass is 10.6. The SMILES string of the molecule is COC(=O)C(=O)NCCO. The summed E-state index contributed by atoms with van der Waals surface area (Å²) in [5.74, 6) is -1.79. The van der Waals surface area contributed by atoms with Crippen molar-refractivity contribution < 1.29 is 19.4 Å². The van der Waals surface area contributed by atoms with E-state index in [2.05, 4.69) is 10.1 Å². The van der Waals surface area contributed by atoms with Gasteiger partial charge >= 0.3 is 11.9 Å². The molecule has 0 aromatic carbocycles. The van der Waals surface area contributed by atoms with Crippen molar-refractivity contribution in [2.75, 3.05) is 20.3 Å². The van der Waals surface area contributed by atoms with E-state index in [9.17, 15) is 9.59 Å². The summed E-state index contributed by atoms with van der Waals surface area (Å²) in [5, 5.41) is 10.3. The van der Waals surface area contributed by atoms with Gasteiger partial charge in [-0.1, -0.05) is 0 Å². The van der Waals surface area contributed by atoms with Crippen LogP contribution < -0.4 is 5.32 Å². The highest BCUT2D eigenvalue weighted by molar-refractivity contribution is 6.32. The Kier molecular flexibility index (Phi) is 4.23. The van der Waals surface area contributed by atoms with Gasteiger partial charge in [-0.25, -0.2) is 4.79 Å². The van der Waals surface area contributed by atoms with Crippen molar-refractivity contribution in [3.63, 3.8) is 0 Å². The molecule has 0 bridgehead atoms. The molecule has 0 heterocycles. The van der Waals surface area contributed by atoms with Crippen LogP contribution in [0.3, 0.4) is 0 Å². The van der Waals surface area contributed by atoms with Gasteiger partial charge < -0.3 is 15.2 Å². The predicted molar refractivity (Wildman–Crippen MR) is 32.1 cm³/mol. The largest absolute Gasteiger partial charge is 0.462 e. The first-order chi connectivity index (χ1) is 4.72. The molecule has 0 spiro atoms. The Balaban J connectivity index is 3.52. The Labute approximate surface area is 58.0 Å². The van der Waals surface area contributed by atoms with Crippen molar-refractivity contribution >= 4 is 11.9 Å². The average Bonchev–Trinajstić information content (AvgIpc) is 1.98. The summed E-state index contributed by atoms with van der Waals surface area (Å²) in [6.45, 7) is -0.128. The molecule has 0 saturated carbocycles. The van der Waals surface area contributed by atoms with Crippen molar-refractivity contribution in [3.8, 4) is 0 Å². The molecule has 0 unspecified atom stereocenters. The number of nitrogens with one attached hydrogen (secondary N) is 1. The minimum Gasteiger partial charge on any atom is -0.462 e. The molecule has 2 N–H and O–H groups in total. The Morgan fingerprint density at radius 2 is 2.20 bits per heavy atom. The van der Waals surface area contributed by atoms with E-state index < -0.39 is 11.9 Å². The summed E-state index contributed by atoms with van der Waals surface area (Å²) < 4.78 is 4.08. The summed E-state index contributed by atoms with van der Waals surface area (Å²) in [5.41, 5.74) is 0. The second-order valence-electron chi connectivity index (χ2n) is 1.47. The number of carbonyl (C=O) groups is 2. The van der Waals surface area contributed by atoms with Crippen LogP contribution in [0.15, 0.2) is 0 Å². The third kappa shape index (κ3) is 3.03. The molecule has 5 nitrogen and oxygen atoms in total. The van der Waals surface area contributed by atoms with Gasteiger partial charge in [0.2, 0.25) is 0 Å². The van der Waals surface area contributed by atoms with Crippen molar-refractivity contribution in [1.82, 2.24) is 5.32 Å². The number of hydrogen-bond donors (Lipinski definition) is 2. The summed E-state index contributed by atoms with van der Waals surface area (Å²) in [6.07, 6.45) is 0. The van der Waals surface area contributed by atoms with Gasteiger partial charge in [-0.05, 0) is 0 Å². The number of aliphatic hydroxyl groups is 1. The zero-order valence-electron chi connectivity index (χ0n) is 5.59. The molecule has 0 aromatic heterocycles. The zero-order chi connectivity index (χ0) is 7.98. The molecule has 58 valence electrons. The number of amides is 1. The summed E-state index contributed by atoms with van der Waals surface area (Å²) in [7, 11) is 1.11. The Hall–Kier alpha value is -1.10. The van der Waals surface area contributed by atoms with Crippen LogP contribution in [0, 0.1) is 0 Å². The second-order valence-corrected chi connectivity index (χ2v) is 1.47. The highest BCUT2D eigenvalue weighted by Crippen LogP contribution is 1.71. The van der Waals surface area contributed by atoms with Gasteiger partial charge in [0.05, 0.1) is 13.7 Å². The maximum atomic E-state index is 10.4. The Bertz CT molecular complexity index is 134. The van der Waals surface area contributed by atoms with Crippen LogP contribution in [-0.2, 0) is 14.3 Å². The maximum Gasteiger partial charge on any atom is 0.396 e. The molecular weight excluding hydrogens is 138 g/mol. The number of rotatable bonds is 2. The fraction of sp³-hybridized carbons (Fsp3) is 0.600. The lowest BCUT2D eigenvalue weighted by Gasteiger charge is -1.98. The molecule has 0 aliphatic carbocycles. The zero-order valence-corrected chi connectivity index (χ0v) is 5.59. The van der Waals surface area contributed by atoms with E-state index in [1.807, 2.05) is 0 Å². The normalized spacial score (nSPS) is 8.60. The third-order valence-electron chi connectivity index (χ3n) is 0.768. The van der Waals surface area contributed by atoms with Crippen LogP contribution >= 0.6 is 0 Å². The molecule has 0 rings (SSSR count). The fourth-order valence-corrected chi connectivity index (χ4v) is 0.334. The van der Waals surface area contributed by atoms with Crippen molar-refractivity contribution in [3.05, 3.63) is 0 Å². The van der Waals surface area contributed by atoms with Crippen molar-refractivity contribution in [2.24, 2.45) is 0 Å². The van der Waals surface area contributed by atoms with Gasteiger partial charge in [-0.3, -0.25) is 4.79 Å². The Morgan fingerprint density at radius 3 is 2.60 bits per heavy atom. The van der Waals surface area contributed by atoms with Crippen LogP contribution in [0.1, 0.15) is 0 Å². The molecule has 0 saturated heterocycles. The molecule has 1 amide bonds. The quantitative estimate of drug-likeness (QED) is 0.359. The third-order valence-corrected chi connectivity index (χ3v) is 0.768. The minimum absolute atomic E-state index is 0.0634. The molecule has 0 atom stereocenters. The van der Waals surface area contributed by atoms with Gasteiger partial charge in [0.1, 0.15) is 0 Å². The number of ether oxygens (including phenoxy) is 1. The molecule has 0 aliphatic rings. The molecule has 0 aromatic rings. The standard InChI is InChI=1S/C5H9NO4/c1-10-5(9)4(8)6-2-3-7/h7H,2-3H2,1H3,(H,6,8). The van der Waals surface area contributed by atoms with Gasteiger partial charge in [-0.2, -0.15) is 0 Å². The van der Waals surface area contributed by atoms with Crippen LogP contribution in [0.4, 0.5) is 0 Å². The van der Waals surface area contributed by atoms with Gasteiger partial charge in [0.15, 0.2) is 0 Å².